The van der Waals surface area contributed by atoms with Crippen molar-refractivity contribution in [2.75, 3.05) is 0 Å². The fraction of sp³-hybridized carbons (Fsp3) is 0.0588. The van der Waals surface area contributed by atoms with Gasteiger partial charge in [0.15, 0.2) is 0 Å². The second-order valence-electron chi connectivity index (χ2n) is 4.76. The normalized spacial score (nSPS) is 10.7. The molecule has 0 N–H and O–H groups in total. The van der Waals surface area contributed by atoms with Crippen LogP contribution in [0.25, 0.3) is 23.4 Å². The fourth-order valence-corrected chi connectivity index (χ4v) is 2.13. The lowest BCUT2D eigenvalue weighted by Gasteiger charge is -1.99. The molecule has 0 aliphatic rings. The minimum Gasteiger partial charge on any atom is -0.275 e. The Labute approximate surface area is 128 Å². The Kier molecular flexibility index (Phi) is 3.75. The first kappa shape index (κ1) is 13.7. The maximum Gasteiger partial charge on any atom is 0.115 e. The smallest absolute Gasteiger partial charge is 0.115 e. The van der Waals surface area contributed by atoms with Crippen molar-refractivity contribution in [1.29, 1.82) is 5.26 Å². The molecule has 3 rings (SSSR count). The first-order valence-corrected chi connectivity index (χ1v) is 6.74. The van der Waals surface area contributed by atoms with Gasteiger partial charge in [0.25, 0.3) is 0 Å². The van der Waals surface area contributed by atoms with Crippen molar-refractivity contribution in [3.63, 3.8) is 0 Å². The molecule has 0 unspecified atom stereocenters. The van der Waals surface area contributed by atoms with Crippen molar-refractivity contribution in [3.8, 4) is 17.3 Å². The average Bonchev–Trinajstić information content (AvgIpc) is 2.95. The highest BCUT2D eigenvalue weighted by Crippen LogP contribution is 2.23. The van der Waals surface area contributed by atoms with Crippen molar-refractivity contribution in [2.45, 2.75) is 0 Å². The number of hydrogen-bond acceptors (Lipinski definition) is 4. The van der Waals surface area contributed by atoms with Crippen molar-refractivity contribution in [1.82, 2.24) is 19.7 Å². The Bertz CT molecular complexity index is 839. The van der Waals surface area contributed by atoms with Gasteiger partial charge in [-0.2, -0.15) is 10.4 Å². The molecular weight excluding hydrogens is 274 g/mol. The SMILES string of the molecule is Cn1cc(/C=C/c2ccncn2)c(-c2ccc(C#N)cc2)n1. The monoisotopic (exact) mass is 287 g/mol. The number of benzene rings is 1. The zero-order valence-electron chi connectivity index (χ0n) is 12.0. The van der Waals surface area contributed by atoms with Crippen molar-refractivity contribution in [3.05, 3.63) is 65.9 Å². The van der Waals surface area contributed by atoms with Crippen LogP contribution in [0.3, 0.4) is 0 Å². The van der Waals surface area contributed by atoms with E-state index in [-0.39, 0.29) is 0 Å². The van der Waals surface area contributed by atoms with Gasteiger partial charge in [0.05, 0.1) is 23.0 Å². The van der Waals surface area contributed by atoms with Gasteiger partial charge in [-0.3, -0.25) is 4.68 Å². The number of hydrogen-bond donors (Lipinski definition) is 0. The van der Waals surface area contributed by atoms with Crippen LogP contribution in [-0.4, -0.2) is 19.7 Å². The molecule has 5 nitrogen and oxygen atoms in total. The number of nitrogens with zero attached hydrogens (tertiary/aromatic N) is 5. The molecule has 0 saturated carbocycles. The molecule has 0 fully saturated rings. The maximum absolute atomic E-state index is 8.88. The number of aryl methyl sites for hydroxylation is 1. The van der Waals surface area contributed by atoms with Crippen molar-refractivity contribution < 1.29 is 0 Å². The largest absolute Gasteiger partial charge is 0.275 e. The molecule has 3 aromatic rings. The lowest BCUT2D eigenvalue weighted by atomic mass is 10.1. The summed E-state index contributed by atoms with van der Waals surface area (Å²) >= 11 is 0. The van der Waals surface area contributed by atoms with Crippen LogP contribution in [0.4, 0.5) is 0 Å². The summed E-state index contributed by atoms with van der Waals surface area (Å²) in [4.78, 5) is 8.06. The summed E-state index contributed by atoms with van der Waals surface area (Å²) in [6.45, 7) is 0. The van der Waals surface area contributed by atoms with Gasteiger partial charge in [-0.05, 0) is 30.4 Å². The molecule has 0 aliphatic carbocycles. The molecule has 0 radical (unpaired) electrons. The molecule has 5 heteroatoms. The Morgan fingerprint density at radius 2 is 1.95 bits per heavy atom. The Balaban J connectivity index is 1.96. The summed E-state index contributed by atoms with van der Waals surface area (Å²) in [7, 11) is 1.88. The van der Waals surface area contributed by atoms with E-state index in [0.29, 0.717) is 5.56 Å². The topological polar surface area (TPSA) is 67.4 Å². The van der Waals surface area contributed by atoms with Crippen LogP contribution in [0.1, 0.15) is 16.8 Å². The molecule has 106 valence electrons. The van der Waals surface area contributed by atoms with Crippen molar-refractivity contribution in [2.24, 2.45) is 7.05 Å². The van der Waals surface area contributed by atoms with Crippen LogP contribution in [0, 0.1) is 11.3 Å². The van der Waals surface area contributed by atoms with Crippen LogP contribution < -0.4 is 0 Å². The summed E-state index contributed by atoms with van der Waals surface area (Å²) in [6, 6.07) is 11.4. The first-order chi connectivity index (χ1) is 10.8. The molecule has 2 aromatic heterocycles. The van der Waals surface area contributed by atoms with Crippen LogP contribution in [-0.2, 0) is 7.05 Å². The van der Waals surface area contributed by atoms with Gasteiger partial charge in [-0.15, -0.1) is 0 Å². The molecule has 2 heterocycles. The lowest BCUT2D eigenvalue weighted by Crippen LogP contribution is -1.88. The Hall–Kier alpha value is -3.26. The highest BCUT2D eigenvalue weighted by Gasteiger charge is 2.08. The van der Waals surface area contributed by atoms with Gasteiger partial charge >= 0.3 is 0 Å². The highest BCUT2D eigenvalue weighted by molar-refractivity contribution is 5.78. The van der Waals surface area contributed by atoms with Gasteiger partial charge < -0.3 is 0 Å². The second-order valence-corrected chi connectivity index (χ2v) is 4.76. The Morgan fingerprint density at radius 1 is 1.14 bits per heavy atom. The van der Waals surface area contributed by atoms with E-state index in [9.17, 15) is 0 Å². The van der Waals surface area contributed by atoms with Crippen LogP contribution in [0.15, 0.2) is 49.1 Å². The Morgan fingerprint density at radius 3 is 2.64 bits per heavy atom. The third-order valence-electron chi connectivity index (χ3n) is 3.18. The number of rotatable bonds is 3. The fourth-order valence-electron chi connectivity index (χ4n) is 2.13. The maximum atomic E-state index is 8.88. The molecule has 0 bridgehead atoms. The zero-order valence-corrected chi connectivity index (χ0v) is 12.0. The van der Waals surface area contributed by atoms with Crippen LogP contribution in [0.2, 0.25) is 0 Å². The predicted molar refractivity (Wildman–Crippen MR) is 84.3 cm³/mol. The summed E-state index contributed by atoms with van der Waals surface area (Å²) in [6.07, 6.45) is 9.07. The lowest BCUT2D eigenvalue weighted by molar-refractivity contribution is 0.771. The number of aromatic nitrogens is 4. The van der Waals surface area contributed by atoms with E-state index in [0.717, 1.165) is 22.5 Å². The molecule has 22 heavy (non-hydrogen) atoms. The third kappa shape index (κ3) is 2.91. The summed E-state index contributed by atoms with van der Waals surface area (Å²) in [5, 5.41) is 13.4. The van der Waals surface area contributed by atoms with Crippen molar-refractivity contribution >= 4 is 12.2 Å². The van der Waals surface area contributed by atoms with Crippen LogP contribution >= 0.6 is 0 Å². The van der Waals surface area contributed by atoms with E-state index in [4.69, 9.17) is 5.26 Å². The molecule has 0 saturated heterocycles. The van der Waals surface area contributed by atoms with E-state index in [2.05, 4.69) is 21.1 Å². The molecule has 0 atom stereocenters. The summed E-state index contributed by atoms with van der Waals surface area (Å²) in [5.74, 6) is 0. The molecule has 0 aliphatic heterocycles. The third-order valence-corrected chi connectivity index (χ3v) is 3.18. The van der Waals surface area contributed by atoms with Gasteiger partial charge in [-0.1, -0.05) is 12.1 Å². The van der Waals surface area contributed by atoms with E-state index in [1.807, 2.05) is 43.6 Å². The first-order valence-electron chi connectivity index (χ1n) is 6.74. The van der Waals surface area contributed by atoms with E-state index >= 15 is 0 Å². The molecular formula is C17H13N5. The predicted octanol–water partition coefficient (Wildman–Crippen LogP) is 2.92. The summed E-state index contributed by atoms with van der Waals surface area (Å²) < 4.78 is 1.77. The second kappa shape index (κ2) is 6.02. The van der Waals surface area contributed by atoms with Crippen LogP contribution in [0.5, 0.6) is 0 Å². The standard InChI is InChI=1S/C17H13N5/c1-22-11-15(6-7-16-8-9-19-12-20-16)17(21-22)14-4-2-13(10-18)3-5-14/h2-9,11-12H,1H3/b7-6+. The number of nitriles is 1. The molecule has 0 spiro atoms. The average molecular weight is 287 g/mol. The quantitative estimate of drug-likeness (QED) is 0.742. The van der Waals surface area contributed by atoms with E-state index in [1.165, 1.54) is 6.33 Å². The zero-order chi connectivity index (χ0) is 15.4. The molecule has 1 aromatic carbocycles. The highest BCUT2D eigenvalue weighted by atomic mass is 15.2. The summed E-state index contributed by atoms with van der Waals surface area (Å²) in [5.41, 5.74) is 4.31. The van der Waals surface area contributed by atoms with Gasteiger partial charge in [-0.25, -0.2) is 9.97 Å². The van der Waals surface area contributed by atoms with Gasteiger partial charge in [0.2, 0.25) is 0 Å². The molecule has 0 amide bonds. The minimum absolute atomic E-state index is 0.637. The minimum atomic E-state index is 0.637. The van der Waals surface area contributed by atoms with Gasteiger partial charge in [0, 0.05) is 30.6 Å². The van der Waals surface area contributed by atoms with E-state index in [1.54, 1.807) is 23.0 Å². The van der Waals surface area contributed by atoms with Gasteiger partial charge in [0.1, 0.15) is 6.33 Å². The van der Waals surface area contributed by atoms with E-state index < -0.39 is 0 Å².